The number of halogens is 2. The van der Waals surface area contributed by atoms with Gasteiger partial charge < -0.3 is 15.4 Å². The Balaban J connectivity index is 0.00000264. The Bertz CT molecular complexity index is 593. The topological polar surface area (TPSA) is 45.7 Å². The van der Waals surface area contributed by atoms with Crippen LogP contribution in [0.5, 0.6) is 5.75 Å². The quantitative estimate of drug-likeness (QED) is 0.283. The number of hydrogen-bond donors (Lipinski definition) is 2. The van der Waals surface area contributed by atoms with E-state index in [9.17, 15) is 0 Å². The van der Waals surface area contributed by atoms with Crippen molar-refractivity contribution in [2.24, 2.45) is 4.99 Å². The number of benzene rings is 1. The number of guanidine groups is 1. The molecule has 0 radical (unpaired) electrons. The van der Waals surface area contributed by atoms with Gasteiger partial charge in [0.15, 0.2) is 5.96 Å². The average Bonchev–Trinajstić information content (AvgIpc) is 3.04. The van der Waals surface area contributed by atoms with Gasteiger partial charge >= 0.3 is 0 Å². The Morgan fingerprint density at radius 2 is 1.96 bits per heavy atom. The molecule has 0 unspecified atom stereocenters. The third-order valence-electron chi connectivity index (χ3n) is 2.96. The molecule has 0 fully saturated rings. The van der Waals surface area contributed by atoms with Crippen molar-refractivity contribution in [3.8, 4) is 5.75 Å². The molecule has 1 aromatic heterocycles. The summed E-state index contributed by atoms with van der Waals surface area (Å²) in [6, 6.07) is 11.7. The lowest BCUT2D eigenvalue weighted by molar-refractivity contribution is 0.322. The summed E-state index contributed by atoms with van der Waals surface area (Å²) >= 11 is 7.80. The number of hydrogen-bond acceptors (Lipinski definition) is 3. The van der Waals surface area contributed by atoms with Crippen LogP contribution in [0, 0.1) is 0 Å². The smallest absolute Gasteiger partial charge is 0.191 e. The summed E-state index contributed by atoms with van der Waals surface area (Å²) < 4.78 is 5.62. The van der Waals surface area contributed by atoms with Gasteiger partial charge in [0.2, 0.25) is 0 Å². The third kappa shape index (κ3) is 7.41. The Morgan fingerprint density at radius 1 is 1.17 bits per heavy atom. The first-order valence-corrected chi connectivity index (χ1v) is 8.39. The van der Waals surface area contributed by atoms with Crippen molar-refractivity contribution in [1.82, 2.24) is 10.6 Å². The molecule has 2 rings (SSSR count). The zero-order valence-corrected chi connectivity index (χ0v) is 16.8. The number of ether oxygens (including phenoxy) is 1. The van der Waals surface area contributed by atoms with Crippen LogP contribution in [0.25, 0.3) is 0 Å². The van der Waals surface area contributed by atoms with Crippen LogP contribution < -0.4 is 15.4 Å². The van der Waals surface area contributed by atoms with Gasteiger partial charge in [-0.05, 0) is 30.0 Å². The fraction of sp³-hybridized carbons (Fsp3) is 0.312. The fourth-order valence-corrected chi connectivity index (χ4v) is 2.77. The molecule has 1 heterocycles. The number of nitrogens with zero attached hydrogens (tertiary/aromatic N) is 1. The number of thiophene rings is 1. The lowest BCUT2D eigenvalue weighted by atomic mass is 10.3. The highest BCUT2D eigenvalue weighted by atomic mass is 127. The molecular formula is C16H21ClIN3OS. The molecule has 0 atom stereocenters. The highest BCUT2D eigenvalue weighted by Gasteiger charge is 2.01. The molecule has 0 saturated carbocycles. The summed E-state index contributed by atoms with van der Waals surface area (Å²) in [5, 5.41) is 9.21. The molecule has 0 aliphatic rings. The normalized spacial score (nSPS) is 10.8. The molecule has 0 aliphatic heterocycles. The van der Waals surface area contributed by atoms with Crippen LogP contribution in [-0.4, -0.2) is 32.7 Å². The van der Waals surface area contributed by atoms with Gasteiger partial charge in [-0.2, -0.15) is 0 Å². The molecule has 23 heavy (non-hydrogen) atoms. The second-order valence-electron chi connectivity index (χ2n) is 4.53. The van der Waals surface area contributed by atoms with E-state index in [1.54, 1.807) is 18.4 Å². The Hall–Kier alpha value is -0.990. The standard InChI is InChI=1S/C16H20ClN3OS.HI/c1-18-16(19-9-8-13-5-4-12-22-13)20-10-11-21-15-7-3-2-6-14(15)17;/h2-7,12H,8-11H2,1H3,(H2,18,19,20);1H. The summed E-state index contributed by atoms with van der Waals surface area (Å²) in [5.41, 5.74) is 0. The SMILES string of the molecule is CN=C(NCCOc1ccccc1Cl)NCCc1cccs1.I. The van der Waals surface area contributed by atoms with E-state index in [0.717, 1.165) is 18.9 Å². The van der Waals surface area contributed by atoms with Crippen LogP contribution in [0.15, 0.2) is 46.8 Å². The first-order valence-electron chi connectivity index (χ1n) is 7.14. The van der Waals surface area contributed by atoms with Crippen LogP contribution in [-0.2, 0) is 6.42 Å². The van der Waals surface area contributed by atoms with Crippen LogP contribution in [0.3, 0.4) is 0 Å². The van der Waals surface area contributed by atoms with Gasteiger partial charge in [-0.3, -0.25) is 4.99 Å². The van der Waals surface area contributed by atoms with Crippen LogP contribution in [0.1, 0.15) is 4.88 Å². The van der Waals surface area contributed by atoms with E-state index in [0.29, 0.717) is 23.9 Å². The van der Waals surface area contributed by atoms with E-state index in [-0.39, 0.29) is 24.0 Å². The molecule has 2 N–H and O–H groups in total. The zero-order chi connectivity index (χ0) is 15.6. The van der Waals surface area contributed by atoms with Crippen LogP contribution >= 0.6 is 46.9 Å². The number of rotatable bonds is 7. The third-order valence-corrected chi connectivity index (χ3v) is 4.20. The lowest BCUT2D eigenvalue weighted by Crippen LogP contribution is -2.40. The van der Waals surface area contributed by atoms with Gasteiger partial charge in [0.1, 0.15) is 12.4 Å². The van der Waals surface area contributed by atoms with E-state index >= 15 is 0 Å². The van der Waals surface area contributed by atoms with Crippen molar-refractivity contribution in [2.45, 2.75) is 6.42 Å². The largest absolute Gasteiger partial charge is 0.490 e. The van der Waals surface area contributed by atoms with Crippen LogP contribution in [0.2, 0.25) is 5.02 Å². The second kappa shape index (κ2) is 11.5. The molecular weight excluding hydrogens is 445 g/mol. The molecule has 0 aliphatic carbocycles. The lowest BCUT2D eigenvalue weighted by Gasteiger charge is -2.12. The zero-order valence-electron chi connectivity index (χ0n) is 12.9. The van der Waals surface area contributed by atoms with Crippen molar-refractivity contribution < 1.29 is 4.74 Å². The Labute approximate surface area is 163 Å². The van der Waals surface area contributed by atoms with Crippen molar-refractivity contribution in [3.63, 3.8) is 0 Å². The average molecular weight is 466 g/mol. The van der Waals surface area contributed by atoms with E-state index in [1.165, 1.54) is 4.88 Å². The minimum Gasteiger partial charge on any atom is -0.490 e. The minimum atomic E-state index is 0. The van der Waals surface area contributed by atoms with Gasteiger partial charge in [0, 0.05) is 18.5 Å². The molecule has 4 nitrogen and oxygen atoms in total. The molecule has 1 aromatic carbocycles. The molecule has 126 valence electrons. The molecule has 0 spiro atoms. The number of nitrogens with one attached hydrogen (secondary N) is 2. The molecule has 7 heteroatoms. The van der Waals surface area contributed by atoms with Crippen LogP contribution in [0.4, 0.5) is 0 Å². The fourth-order valence-electron chi connectivity index (χ4n) is 1.87. The molecule has 0 saturated heterocycles. The predicted molar refractivity (Wildman–Crippen MR) is 110 cm³/mol. The van der Waals surface area contributed by atoms with Gasteiger partial charge in [-0.15, -0.1) is 35.3 Å². The van der Waals surface area contributed by atoms with E-state index in [1.807, 2.05) is 24.3 Å². The maximum atomic E-state index is 6.03. The van der Waals surface area contributed by atoms with Gasteiger partial charge in [-0.1, -0.05) is 29.8 Å². The van der Waals surface area contributed by atoms with Gasteiger partial charge in [-0.25, -0.2) is 0 Å². The summed E-state index contributed by atoms with van der Waals surface area (Å²) in [7, 11) is 1.76. The summed E-state index contributed by atoms with van der Waals surface area (Å²) in [6.45, 7) is 2.03. The highest BCUT2D eigenvalue weighted by molar-refractivity contribution is 14.0. The summed E-state index contributed by atoms with van der Waals surface area (Å²) in [4.78, 5) is 5.55. The predicted octanol–water partition coefficient (Wildman–Crippen LogP) is 3.81. The number of para-hydroxylation sites is 1. The highest BCUT2D eigenvalue weighted by Crippen LogP contribution is 2.22. The minimum absolute atomic E-state index is 0. The van der Waals surface area contributed by atoms with Crippen molar-refractivity contribution in [3.05, 3.63) is 51.7 Å². The first kappa shape index (κ1) is 20.1. The number of aliphatic imine (C=N–C) groups is 1. The summed E-state index contributed by atoms with van der Waals surface area (Å²) in [6.07, 6.45) is 0.995. The van der Waals surface area contributed by atoms with E-state index < -0.39 is 0 Å². The Kier molecular flexibility index (Phi) is 10.1. The first-order chi connectivity index (χ1) is 10.8. The van der Waals surface area contributed by atoms with Crippen molar-refractivity contribution >= 4 is 52.9 Å². The van der Waals surface area contributed by atoms with Gasteiger partial charge in [0.05, 0.1) is 11.6 Å². The van der Waals surface area contributed by atoms with Gasteiger partial charge in [0.25, 0.3) is 0 Å². The summed E-state index contributed by atoms with van der Waals surface area (Å²) in [5.74, 6) is 1.48. The van der Waals surface area contributed by atoms with Crippen molar-refractivity contribution in [2.75, 3.05) is 26.7 Å². The molecule has 2 aromatic rings. The maximum Gasteiger partial charge on any atom is 0.191 e. The van der Waals surface area contributed by atoms with E-state index in [2.05, 4.69) is 33.1 Å². The van der Waals surface area contributed by atoms with E-state index in [4.69, 9.17) is 16.3 Å². The maximum absolute atomic E-state index is 6.03. The monoisotopic (exact) mass is 465 g/mol. The molecule has 0 bridgehead atoms. The Morgan fingerprint density at radius 3 is 2.65 bits per heavy atom. The van der Waals surface area contributed by atoms with Crippen molar-refractivity contribution in [1.29, 1.82) is 0 Å². The molecule has 0 amide bonds. The second-order valence-corrected chi connectivity index (χ2v) is 5.97.